The molecule has 1 unspecified atom stereocenters. The zero-order valence-corrected chi connectivity index (χ0v) is 9.13. The number of primary sulfonamides is 1. The highest BCUT2D eigenvalue weighted by atomic mass is 32.2. The van der Waals surface area contributed by atoms with Gasteiger partial charge in [-0.25, -0.2) is 13.6 Å². The van der Waals surface area contributed by atoms with E-state index in [2.05, 4.69) is 0 Å². The summed E-state index contributed by atoms with van der Waals surface area (Å²) in [5.74, 6) is 0. The molecule has 15 heavy (non-hydrogen) atoms. The first-order valence-corrected chi connectivity index (χ1v) is 6.47. The Morgan fingerprint density at radius 3 is 2.73 bits per heavy atom. The number of hydrogen-bond donors (Lipinski definition) is 2. The lowest BCUT2D eigenvalue weighted by Gasteiger charge is -2.23. The summed E-state index contributed by atoms with van der Waals surface area (Å²) in [5, 5.41) is 4.67. The maximum Gasteiger partial charge on any atom is 0.212 e. The van der Waals surface area contributed by atoms with Crippen molar-refractivity contribution in [2.75, 3.05) is 5.73 Å². The molecule has 1 atom stereocenters. The topological polar surface area (TPSA) is 86.2 Å². The van der Waals surface area contributed by atoms with Crippen molar-refractivity contribution in [3.8, 4) is 0 Å². The molecule has 0 saturated carbocycles. The Kier molecular flexibility index (Phi) is 2.44. The summed E-state index contributed by atoms with van der Waals surface area (Å²) in [6, 6.07) is 5.68. The largest absolute Gasteiger partial charge is 0.398 e. The molecule has 0 heterocycles. The second-order valence-electron chi connectivity index (χ2n) is 3.94. The third-order valence-corrected chi connectivity index (χ3v) is 4.27. The molecule has 1 aliphatic rings. The number of aryl methyl sites for hydroxylation is 1. The number of hydrogen-bond acceptors (Lipinski definition) is 3. The van der Waals surface area contributed by atoms with E-state index in [4.69, 9.17) is 10.9 Å². The van der Waals surface area contributed by atoms with Crippen molar-refractivity contribution >= 4 is 15.7 Å². The van der Waals surface area contributed by atoms with Gasteiger partial charge in [-0.05, 0) is 36.5 Å². The predicted octanol–water partition coefficient (Wildman–Crippen LogP) is 0.415. The van der Waals surface area contributed by atoms with E-state index in [0.717, 1.165) is 17.5 Å². The summed E-state index contributed by atoms with van der Waals surface area (Å²) >= 11 is 0. The van der Waals surface area contributed by atoms with Crippen molar-refractivity contribution in [2.24, 2.45) is 5.14 Å². The first-order valence-electron chi connectivity index (χ1n) is 4.86. The Morgan fingerprint density at radius 1 is 1.33 bits per heavy atom. The highest BCUT2D eigenvalue weighted by Gasteiger charge is 2.27. The van der Waals surface area contributed by atoms with Gasteiger partial charge in [-0.1, -0.05) is 12.1 Å². The van der Waals surface area contributed by atoms with Gasteiger partial charge in [0.15, 0.2) is 0 Å². The minimum Gasteiger partial charge on any atom is -0.398 e. The molecular formula is C10H14N2O2S. The van der Waals surface area contributed by atoms with Gasteiger partial charge in [0.2, 0.25) is 10.0 Å². The van der Waals surface area contributed by atoms with Crippen molar-refractivity contribution in [1.29, 1.82) is 0 Å². The molecule has 0 bridgehead atoms. The van der Waals surface area contributed by atoms with Crippen molar-refractivity contribution in [2.45, 2.75) is 24.5 Å². The quantitative estimate of drug-likeness (QED) is 0.680. The van der Waals surface area contributed by atoms with Crippen LogP contribution in [0.25, 0.3) is 0 Å². The molecule has 1 aromatic carbocycles. The Bertz CT molecular complexity index is 482. The summed E-state index contributed by atoms with van der Waals surface area (Å²) in [7, 11) is -3.44. The standard InChI is InChI=1S/C10H14N2O2S/c11-10-3-1-2-7-4-5-8(6-9(7)10)15(12,13)14/h1-3,8H,4-6,11H2,(H2,12,13,14). The van der Waals surface area contributed by atoms with Crippen LogP contribution in [0, 0.1) is 0 Å². The number of nitrogen functional groups attached to an aromatic ring is 1. The van der Waals surface area contributed by atoms with Crippen LogP contribution in [-0.2, 0) is 22.9 Å². The van der Waals surface area contributed by atoms with Crippen LogP contribution < -0.4 is 10.9 Å². The summed E-state index contributed by atoms with van der Waals surface area (Å²) in [4.78, 5) is 0. The smallest absolute Gasteiger partial charge is 0.212 e. The fourth-order valence-corrected chi connectivity index (χ4v) is 2.91. The summed E-state index contributed by atoms with van der Waals surface area (Å²) in [6.07, 6.45) is 1.78. The monoisotopic (exact) mass is 226 g/mol. The van der Waals surface area contributed by atoms with E-state index in [1.54, 1.807) is 6.07 Å². The van der Waals surface area contributed by atoms with Crippen LogP contribution in [0.15, 0.2) is 18.2 Å². The molecule has 4 N–H and O–H groups in total. The molecule has 0 spiro atoms. The van der Waals surface area contributed by atoms with Crippen LogP contribution in [0.2, 0.25) is 0 Å². The number of anilines is 1. The second kappa shape index (κ2) is 3.50. The van der Waals surface area contributed by atoms with Crippen LogP contribution in [0.5, 0.6) is 0 Å². The van der Waals surface area contributed by atoms with Crippen LogP contribution in [0.1, 0.15) is 17.5 Å². The van der Waals surface area contributed by atoms with Gasteiger partial charge in [-0.15, -0.1) is 0 Å². The Morgan fingerprint density at radius 2 is 2.07 bits per heavy atom. The van der Waals surface area contributed by atoms with Gasteiger partial charge in [0.25, 0.3) is 0 Å². The summed E-state index contributed by atoms with van der Waals surface area (Å²) in [6.45, 7) is 0. The van der Waals surface area contributed by atoms with Crippen LogP contribution in [-0.4, -0.2) is 13.7 Å². The van der Waals surface area contributed by atoms with Crippen molar-refractivity contribution in [3.05, 3.63) is 29.3 Å². The molecular weight excluding hydrogens is 212 g/mol. The van der Waals surface area contributed by atoms with Gasteiger partial charge in [-0.2, -0.15) is 0 Å². The van der Waals surface area contributed by atoms with Gasteiger partial charge < -0.3 is 5.73 Å². The highest BCUT2D eigenvalue weighted by molar-refractivity contribution is 7.89. The van der Waals surface area contributed by atoms with E-state index < -0.39 is 15.3 Å². The molecule has 1 aromatic rings. The zero-order chi connectivity index (χ0) is 11.1. The molecule has 0 saturated heterocycles. The predicted molar refractivity (Wildman–Crippen MR) is 59.8 cm³/mol. The highest BCUT2D eigenvalue weighted by Crippen LogP contribution is 2.28. The third-order valence-electron chi connectivity index (χ3n) is 2.94. The summed E-state index contributed by atoms with van der Waals surface area (Å²) in [5.41, 5.74) is 8.57. The number of nitrogens with two attached hydrogens (primary N) is 2. The van der Waals surface area contributed by atoms with Gasteiger partial charge >= 0.3 is 0 Å². The lowest BCUT2D eigenvalue weighted by atomic mass is 9.90. The minimum absolute atomic E-state index is 0.445. The zero-order valence-electron chi connectivity index (χ0n) is 8.31. The number of benzene rings is 1. The molecule has 2 rings (SSSR count). The van der Waals surface area contributed by atoms with Crippen LogP contribution in [0.3, 0.4) is 0 Å². The fourth-order valence-electron chi connectivity index (χ4n) is 2.06. The van der Waals surface area contributed by atoms with Gasteiger partial charge in [0.1, 0.15) is 0 Å². The fraction of sp³-hybridized carbons (Fsp3) is 0.400. The summed E-state index contributed by atoms with van der Waals surface area (Å²) < 4.78 is 22.5. The molecule has 0 amide bonds. The van der Waals surface area contributed by atoms with Crippen molar-refractivity contribution < 1.29 is 8.42 Å². The average molecular weight is 226 g/mol. The van der Waals surface area contributed by atoms with Crippen molar-refractivity contribution in [3.63, 3.8) is 0 Å². The number of sulfonamides is 1. The Hall–Kier alpha value is -1.07. The maximum atomic E-state index is 11.2. The molecule has 0 fully saturated rings. The van der Waals surface area contributed by atoms with Crippen LogP contribution in [0.4, 0.5) is 5.69 Å². The second-order valence-corrected chi connectivity index (χ2v) is 5.78. The molecule has 0 aromatic heterocycles. The van der Waals surface area contributed by atoms with E-state index in [0.29, 0.717) is 18.5 Å². The molecule has 1 aliphatic carbocycles. The van der Waals surface area contributed by atoms with Crippen LogP contribution >= 0.6 is 0 Å². The first kappa shape index (κ1) is 10.4. The lowest BCUT2D eigenvalue weighted by molar-refractivity contribution is 0.563. The Labute approximate surface area is 89.3 Å². The Balaban J connectivity index is 2.38. The van der Waals surface area contributed by atoms with E-state index >= 15 is 0 Å². The van der Waals surface area contributed by atoms with Gasteiger partial charge in [0.05, 0.1) is 5.25 Å². The minimum atomic E-state index is -3.44. The normalized spacial score (nSPS) is 21.0. The lowest BCUT2D eigenvalue weighted by Crippen LogP contribution is -2.33. The molecule has 0 radical (unpaired) electrons. The van der Waals surface area contributed by atoms with Crippen molar-refractivity contribution in [1.82, 2.24) is 0 Å². The SMILES string of the molecule is Nc1cccc2c1CC(S(N)(=O)=O)CC2. The van der Waals surface area contributed by atoms with Gasteiger partial charge in [-0.3, -0.25) is 0 Å². The van der Waals surface area contributed by atoms with E-state index in [-0.39, 0.29) is 0 Å². The first-order chi connectivity index (χ1) is 6.98. The van der Waals surface area contributed by atoms with E-state index in [1.165, 1.54) is 0 Å². The molecule has 5 heteroatoms. The van der Waals surface area contributed by atoms with Gasteiger partial charge in [0, 0.05) is 5.69 Å². The molecule has 82 valence electrons. The number of rotatable bonds is 1. The van der Waals surface area contributed by atoms with E-state index in [1.807, 2.05) is 12.1 Å². The molecule has 4 nitrogen and oxygen atoms in total. The average Bonchev–Trinajstić information content (AvgIpc) is 2.16. The maximum absolute atomic E-state index is 11.2. The molecule has 0 aliphatic heterocycles. The third kappa shape index (κ3) is 1.98. The number of fused-ring (bicyclic) bond motifs is 1. The van der Waals surface area contributed by atoms with E-state index in [9.17, 15) is 8.42 Å².